The highest BCUT2D eigenvalue weighted by Gasteiger charge is 2.06. The molecule has 0 bridgehead atoms. The third-order valence-electron chi connectivity index (χ3n) is 1.83. The first kappa shape index (κ1) is 12.2. The lowest BCUT2D eigenvalue weighted by molar-refractivity contribution is -0.0498. The van der Waals surface area contributed by atoms with E-state index in [0.29, 0.717) is 5.56 Å². The number of benzene rings is 1. The van der Waals surface area contributed by atoms with E-state index in [1.54, 1.807) is 6.92 Å². The molecule has 1 rings (SSSR count). The summed E-state index contributed by atoms with van der Waals surface area (Å²) in [6, 6.07) is 5.55. The molecule has 1 aromatic rings. The molecular weight excluding hydrogens is 214 g/mol. The van der Waals surface area contributed by atoms with E-state index in [4.69, 9.17) is 0 Å². The van der Waals surface area contributed by atoms with Gasteiger partial charge in [-0.2, -0.15) is 8.78 Å². The first-order valence-electron chi connectivity index (χ1n) is 4.61. The number of ketones is 1. The Morgan fingerprint density at radius 1 is 1.38 bits per heavy atom. The fraction of sp³-hybridized carbons (Fsp3) is 0.250. The van der Waals surface area contributed by atoms with Crippen LogP contribution in [-0.2, 0) is 0 Å². The zero-order valence-electron chi connectivity index (χ0n) is 8.67. The van der Waals surface area contributed by atoms with Gasteiger partial charge in [-0.25, -0.2) is 0 Å². The van der Waals surface area contributed by atoms with Gasteiger partial charge in [0.05, 0.1) is 6.42 Å². The molecule has 0 saturated carbocycles. The average Bonchev–Trinajstić information content (AvgIpc) is 2.26. The maximum Gasteiger partial charge on any atom is 0.387 e. The predicted molar refractivity (Wildman–Crippen MR) is 55.5 cm³/mol. The molecule has 0 radical (unpaired) electrons. The summed E-state index contributed by atoms with van der Waals surface area (Å²) in [5.74, 6) is 5.15. The average molecular weight is 224 g/mol. The monoisotopic (exact) mass is 224 g/mol. The van der Waals surface area contributed by atoms with E-state index in [0.717, 1.165) is 0 Å². The molecule has 0 saturated heterocycles. The van der Waals surface area contributed by atoms with Gasteiger partial charge in [-0.05, 0) is 31.2 Å². The maximum absolute atomic E-state index is 11.8. The number of alkyl halides is 2. The summed E-state index contributed by atoms with van der Waals surface area (Å²) in [4.78, 5) is 11.4. The molecule has 0 fully saturated rings. The van der Waals surface area contributed by atoms with Gasteiger partial charge in [0.25, 0.3) is 0 Å². The van der Waals surface area contributed by atoms with Gasteiger partial charge in [-0.15, -0.1) is 5.92 Å². The Bertz CT molecular complexity index is 413. The smallest absolute Gasteiger partial charge is 0.387 e. The van der Waals surface area contributed by atoms with Crippen molar-refractivity contribution in [3.63, 3.8) is 0 Å². The van der Waals surface area contributed by atoms with Crippen LogP contribution >= 0.6 is 0 Å². The highest BCUT2D eigenvalue weighted by atomic mass is 19.3. The molecule has 2 nitrogen and oxygen atoms in total. The van der Waals surface area contributed by atoms with E-state index >= 15 is 0 Å². The molecule has 0 aliphatic rings. The van der Waals surface area contributed by atoms with E-state index in [1.807, 2.05) is 0 Å². The van der Waals surface area contributed by atoms with E-state index < -0.39 is 6.61 Å². The molecule has 0 aliphatic carbocycles. The van der Waals surface area contributed by atoms with E-state index in [2.05, 4.69) is 16.6 Å². The van der Waals surface area contributed by atoms with Crippen molar-refractivity contribution in [3.05, 3.63) is 29.8 Å². The van der Waals surface area contributed by atoms with Crippen molar-refractivity contribution in [2.45, 2.75) is 20.0 Å². The van der Waals surface area contributed by atoms with Gasteiger partial charge in [0.1, 0.15) is 5.75 Å². The molecule has 0 amide bonds. The van der Waals surface area contributed by atoms with Crippen LogP contribution in [0.25, 0.3) is 0 Å². The van der Waals surface area contributed by atoms with Crippen LogP contribution in [0.5, 0.6) is 5.75 Å². The summed E-state index contributed by atoms with van der Waals surface area (Å²) in [5, 5.41) is 0. The van der Waals surface area contributed by atoms with Gasteiger partial charge in [-0.3, -0.25) is 4.79 Å². The van der Waals surface area contributed by atoms with Crippen LogP contribution in [0, 0.1) is 11.8 Å². The number of hydrogen-bond acceptors (Lipinski definition) is 2. The van der Waals surface area contributed by atoms with E-state index in [1.165, 1.54) is 24.3 Å². The van der Waals surface area contributed by atoms with Crippen molar-refractivity contribution in [1.82, 2.24) is 0 Å². The lowest BCUT2D eigenvalue weighted by atomic mass is 10.1. The Morgan fingerprint density at radius 3 is 2.50 bits per heavy atom. The molecule has 0 spiro atoms. The molecule has 4 heteroatoms. The first-order valence-corrected chi connectivity index (χ1v) is 4.61. The van der Waals surface area contributed by atoms with Crippen LogP contribution in [-0.4, -0.2) is 12.4 Å². The van der Waals surface area contributed by atoms with Crippen molar-refractivity contribution in [2.24, 2.45) is 0 Å². The van der Waals surface area contributed by atoms with Crippen molar-refractivity contribution in [2.75, 3.05) is 0 Å². The fourth-order valence-electron chi connectivity index (χ4n) is 1.09. The van der Waals surface area contributed by atoms with Crippen molar-refractivity contribution >= 4 is 5.78 Å². The van der Waals surface area contributed by atoms with Crippen molar-refractivity contribution < 1.29 is 18.3 Å². The Hall–Kier alpha value is -1.89. The van der Waals surface area contributed by atoms with Gasteiger partial charge in [0.15, 0.2) is 5.78 Å². The standard InChI is InChI=1S/C12H10F2O2/c1-2-3-4-11(15)9-5-7-10(8-6-9)16-12(13)14/h5-8,12H,4H2,1H3. The normalized spacial score (nSPS) is 9.50. The first-order chi connectivity index (χ1) is 7.63. The second-order valence-electron chi connectivity index (χ2n) is 2.93. The molecule has 0 aliphatic heterocycles. The number of carbonyl (C=O) groups is 1. The molecule has 0 unspecified atom stereocenters. The predicted octanol–water partition coefficient (Wildman–Crippen LogP) is 2.88. The Morgan fingerprint density at radius 2 is 2.00 bits per heavy atom. The van der Waals surface area contributed by atoms with E-state index in [9.17, 15) is 13.6 Å². The van der Waals surface area contributed by atoms with Gasteiger partial charge in [0, 0.05) is 5.56 Å². The number of halogens is 2. The summed E-state index contributed by atoms with van der Waals surface area (Å²) in [6.07, 6.45) is 0.131. The number of hydrogen-bond donors (Lipinski definition) is 0. The molecule has 0 heterocycles. The summed E-state index contributed by atoms with van der Waals surface area (Å²) in [5.41, 5.74) is 0.435. The van der Waals surface area contributed by atoms with Gasteiger partial charge in [-0.1, -0.05) is 5.92 Å². The van der Waals surface area contributed by atoms with Gasteiger partial charge < -0.3 is 4.74 Å². The number of ether oxygens (including phenoxy) is 1. The van der Waals surface area contributed by atoms with Crippen molar-refractivity contribution in [3.8, 4) is 17.6 Å². The quantitative estimate of drug-likeness (QED) is 0.580. The third kappa shape index (κ3) is 3.70. The topological polar surface area (TPSA) is 26.3 Å². The minimum atomic E-state index is -2.85. The van der Waals surface area contributed by atoms with Crippen LogP contribution < -0.4 is 4.74 Å². The van der Waals surface area contributed by atoms with Crippen LogP contribution in [0.4, 0.5) is 8.78 Å². The molecule has 0 aromatic heterocycles. The molecule has 84 valence electrons. The molecule has 0 atom stereocenters. The van der Waals surface area contributed by atoms with Gasteiger partial charge in [0.2, 0.25) is 0 Å². The second kappa shape index (κ2) is 5.86. The summed E-state index contributed by atoms with van der Waals surface area (Å²) < 4.78 is 27.8. The summed E-state index contributed by atoms with van der Waals surface area (Å²) in [7, 11) is 0. The lowest BCUT2D eigenvalue weighted by Gasteiger charge is -2.04. The van der Waals surface area contributed by atoms with Gasteiger partial charge >= 0.3 is 6.61 Å². The SMILES string of the molecule is CC#CCC(=O)c1ccc(OC(F)F)cc1. The number of carbonyl (C=O) groups excluding carboxylic acids is 1. The molecule has 16 heavy (non-hydrogen) atoms. The summed E-state index contributed by atoms with van der Waals surface area (Å²) in [6.45, 7) is -1.21. The minimum absolute atomic E-state index is 0.0353. The largest absolute Gasteiger partial charge is 0.435 e. The zero-order valence-corrected chi connectivity index (χ0v) is 8.67. The summed E-state index contributed by atoms with van der Waals surface area (Å²) >= 11 is 0. The third-order valence-corrected chi connectivity index (χ3v) is 1.83. The highest BCUT2D eigenvalue weighted by molar-refractivity contribution is 5.97. The maximum atomic E-state index is 11.8. The zero-order chi connectivity index (χ0) is 12.0. The Kier molecular flexibility index (Phi) is 4.46. The highest BCUT2D eigenvalue weighted by Crippen LogP contribution is 2.15. The lowest BCUT2D eigenvalue weighted by Crippen LogP contribution is -2.02. The van der Waals surface area contributed by atoms with Crippen molar-refractivity contribution in [1.29, 1.82) is 0 Å². The van der Waals surface area contributed by atoms with Crippen LogP contribution in [0.3, 0.4) is 0 Å². The number of Topliss-reactive ketones (excluding diaryl/α,β-unsaturated/α-hetero) is 1. The number of rotatable bonds is 4. The van der Waals surface area contributed by atoms with Crippen LogP contribution in [0.2, 0.25) is 0 Å². The van der Waals surface area contributed by atoms with Crippen LogP contribution in [0.15, 0.2) is 24.3 Å². The van der Waals surface area contributed by atoms with E-state index in [-0.39, 0.29) is 18.0 Å². The van der Waals surface area contributed by atoms with Crippen LogP contribution in [0.1, 0.15) is 23.7 Å². The minimum Gasteiger partial charge on any atom is -0.435 e. The molecular formula is C12H10F2O2. The Balaban J connectivity index is 2.69. The molecule has 0 N–H and O–H groups in total. The fourth-order valence-corrected chi connectivity index (χ4v) is 1.09. The molecule has 1 aromatic carbocycles. The Labute approximate surface area is 92.2 Å². The second-order valence-corrected chi connectivity index (χ2v) is 2.93.